The Hall–Kier alpha value is -1.22. The van der Waals surface area contributed by atoms with Crippen LogP contribution in [0.2, 0.25) is 0 Å². The maximum absolute atomic E-state index is 11.5. The number of likely N-dealkylation sites (N-methyl/N-ethyl adjacent to an activating group) is 1. The molecule has 1 atom stereocenters. The van der Waals surface area contributed by atoms with E-state index < -0.39 is 5.38 Å². The highest BCUT2D eigenvalue weighted by molar-refractivity contribution is 6.30. The van der Waals surface area contributed by atoms with Crippen molar-refractivity contribution in [2.24, 2.45) is 0 Å². The van der Waals surface area contributed by atoms with Crippen LogP contribution in [0.25, 0.3) is 0 Å². The summed E-state index contributed by atoms with van der Waals surface area (Å²) in [6.45, 7) is 4.66. The minimum atomic E-state index is -0.488. The molecule has 0 heterocycles. The highest BCUT2D eigenvalue weighted by Gasteiger charge is 2.14. The van der Waals surface area contributed by atoms with Gasteiger partial charge in [0.25, 0.3) is 0 Å². The van der Waals surface area contributed by atoms with Crippen molar-refractivity contribution >= 4 is 17.5 Å². The van der Waals surface area contributed by atoms with Crippen molar-refractivity contribution in [2.45, 2.75) is 19.2 Å². The van der Waals surface area contributed by atoms with Crippen molar-refractivity contribution in [1.29, 1.82) is 0 Å². The summed E-state index contributed by atoms with van der Waals surface area (Å²) in [6, 6.07) is 7.80. The number of nitrogens with zero attached hydrogens (tertiary/aromatic N) is 1. The molecule has 0 bridgehead atoms. The SMILES string of the molecule is Cc1ccccc1OCCN(C)C(=O)C(C)Cl. The predicted octanol–water partition coefficient (Wildman–Crippen LogP) is 2.46. The first-order valence-electron chi connectivity index (χ1n) is 5.60. The molecule has 1 aromatic carbocycles. The number of hydrogen-bond acceptors (Lipinski definition) is 2. The second kappa shape index (κ2) is 6.50. The molecule has 1 rings (SSSR count). The largest absolute Gasteiger partial charge is 0.491 e. The number of carbonyl (C=O) groups excluding carboxylic acids is 1. The summed E-state index contributed by atoms with van der Waals surface area (Å²) in [7, 11) is 1.72. The Kier molecular flexibility index (Phi) is 5.29. The summed E-state index contributed by atoms with van der Waals surface area (Å²) in [6.07, 6.45) is 0. The first-order chi connectivity index (χ1) is 8.02. The van der Waals surface area contributed by atoms with Crippen LogP contribution >= 0.6 is 11.6 Å². The number of rotatable bonds is 5. The van der Waals surface area contributed by atoms with E-state index in [2.05, 4.69) is 0 Å². The average Bonchev–Trinajstić information content (AvgIpc) is 2.30. The molecule has 0 radical (unpaired) electrons. The average molecular weight is 256 g/mol. The molecule has 94 valence electrons. The summed E-state index contributed by atoms with van der Waals surface area (Å²) in [5.74, 6) is 0.771. The van der Waals surface area contributed by atoms with Crippen molar-refractivity contribution in [3.63, 3.8) is 0 Å². The Morgan fingerprint density at radius 2 is 2.12 bits per heavy atom. The van der Waals surface area contributed by atoms with Gasteiger partial charge in [-0.05, 0) is 25.5 Å². The van der Waals surface area contributed by atoms with E-state index >= 15 is 0 Å². The second-order valence-corrected chi connectivity index (χ2v) is 4.64. The van der Waals surface area contributed by atoms with Crippen LogP contribution in [-0.2, 0) is 4.79 Å². The van der Waals surface area contributed by atoms with E-state index in [9.17, 15) is 4.79 Å². The number of halogens is 1. The van der Waals surface area contributed by atoms with Crippen LogP contribution in [0, 0.1) is 6.92 Å². The van der Waals surface area contributed by atoms with E-state index in [0.717, 1.165) is 11.3 Å². The van der Waals surface area contributed by atoms with E-state index in [1.54, 1.807) is 18.9 Å². The standard InChI is InChI=1S/C13H18ClNO2/c1-10-6-4-5-7-12(10)17-9-8-15(3)13(16)11(2)14/h4-7,11H,8-9H2,1-3H3. The molecule has 4 heteroatoms. The van der Waals surface area contributed by atoms with E-state index in [4.69, 9.17) is 16.3 Å². The van der Waals surface area contributed by atoms with Crippen LogP contribution in [0.3, 0.4) is 0 Å². The fraction of sp³-hybridized carbons (Fsp3) is 0.462. The molecule has 17 heavy (non-hydrogen) atoms. The Labute approximate surface area is 107 Å². The normalized spacial score (nSPS) is 12.0. The van der Waals surface area contributed by atoms with Crippen molar-refractivity contribution in [1.82, 2.24) is 4.90 Å². The first kappa shape index (κ1) is 13.8. The second-order valence-electron chi connectivity index (χ2n) is 3.99. The number of amides is 1. The lowest BCUT2D eigenvalue weighted by Gasteiger charge is -2.19. The zero-order valence-corrected chi connectivity index (χ0v) is 11.2. The Bertz CT molecular complexity index is 379. The van der Waals surface area contributed by atoms with Crippen LogP contribution in [0.15, 0.2) is 24.3 Å². The number of hydrogen-bond donors (Lipinski definition) is 0. The summed E-state index contributed by atoms with van der Waals surface area (Å²) >= 11 is 5.71. The number of carbonyl (C=O) groups is 1. The van der Waals surface area contributed by atoms with Gasteiger partial charge in [-0.2, -0.15) is 0 Å². The van der Waals surface area contributed by atoms with Gasteiger partial charge in [0.1, 0.15) is 17.7 Å². The third-order valence-electron chi connectivity index (χ3n) is 2.49. The molecule has 0 aliphatic carbocycles. The monoisotopic (exact) mass is 255 g/mol. The van der Waals surface area contributed by atoms with Gasteiger partial charge in [0, 0.05) is 7.05 Å². The summed E-state index contributed by atoms with van der Waals surface area (Å²) in [4.78, 5) is 13.1. The number of ether oxygens (including phenoxy) is 1. The predicted molar refractivity (Wildman–Crippen MR) is 69.6 cm³/mol. The zero-order chi connectivity index (χ0) is 12.8. The molecule has 0 saturated heterocycles. The highest BCUT2D eigenvalue weighted by atomic mass is 35.5. The molecular formula is C13H18ClNO2. The number of aryl methyl sites for hydroxylation is 1. The van der Waals surface area contributed by atoms with Crippen LogP contribution in [0.4, 0.5) is 0 Å². The molecule has 0 spiro atoms. The fourth-order valence-electron chi connectivity index (χ4n) is 1.42. The quantitative estimate of drug-likeness (QED) is 0.757. The van der Waals surface area contributed by atoms with Gasteiger partial charge < -0.3 is 9.64 Å². The highest BCUT2D eigenvalue weighted by Crippen LogP contribution is 2.15. The summed E-state index contributed by atoms with van der Waals surface area (Å²) in [5.41, 5.74) is 1.09. The number of alkyl halides is 1. The molecule has 1 aromatic rings. The van der Waals surface area contributed by atoms with Crippen LogP contribution in [0.5, 0.6) is 5.75 Å². The minimum absolute atomic E-state index is 0.0833. The van der Waals surface area contributed by atoms with Gasteiger partial charge in [-0.15, -0.1) is 11.6 Å². The summed E-state index contributed by atoms with van der Waals surface area (Å²) < 4.78 is 5.60. The molecule has 1 amide bonds. The van der Waals surface area contributed by atoms with Gasteiger partial charge in [-0.1, -0.05) is 18.2 Å². The van der Waals surface area contributed by atoms with Gasteiger partial charge >= 0.3 is 0 Å². The van der Waals surface area contributed by atoms with Crippen molar-refractivity contribution in [3.05, 3.63) is 29.8 Å². The van der Waals surface area contributed by atoms with Gasteiger partial charge in [0.15, 0.2) is 0 Å². The van der Waals surface area contributed by atoms with Gasteiger partial charge in [-0.25, -0.2) is 0 Å². The lowest BCUT2D eigenvalue weighted by Crippen LogP contribution is -2.35. The van der Waals surface area contributed by atoms with Gasteiger partial charge in [0.05, 0.1) is 6.54 Å². The smallest absolute Gasteiger partial charge is 0.240 e. The van der Waals surface area contributed by atoms with Crippen molar-refractivity contribution in [2.75, 3.05) is 20.2 Å². The Morgan fingerprint density at radius 1 is 1.47 bits per heavy atom. The van der Waals surface area contributed by atoms with E-state index in [1.807, 2.05) is 31.2 Å². The van der Waals surface area contributed by atoms with Gasteiger partial charge in [-0.3, -0.25) is 4.79 Å². The van der Waals surface area contributed by atoms with E-state index in [1.165, 1.54) is 0 Å². The zero-order valence-electron chi connectivity index (χ0n) is 10.4. The van der Waals surface area contributed by atoms with E-state index in [-0.39, 0.29) is 5.91 Å². The van der Waals surface area contributed by atoms with E-state index in [0.29, 0.717) is 13.2 Å². The maximum atomic E-state index is 11.5. The molecule has 0 aliphatic heterocycles. The molecule has 3 nitrogen and oxygen atoms in total. The Balaban J connectivity index is 2.38. The van der Waals surface area contributed by atoms with Crippen LogP contribution in [0.1, 0.15) is 12.5 Å². The Morgan fingerprint density at radius 3 is 2.71 bits per heavy atom. The third kappa shape index (κ3) is 4.27. The summed E-state index contributed by atoms with van der Waals surface area (Å²) in [5, 5.41) is -0.488. The van der Waals surface area contributed by atoms with Crippen molar-refractivity contribution < 1.29 is 9.53 Å². The molecule has 1 unspecified atom stereocenters. The van der Waals surface area contributed by atoms with Crippen LogP contribution in [-0.4, -0.2) is 36.4 Å². The molecule has 0 saturated carbocycles. The topological polar surface area (TPSA) is 29.5 Å². The van der Waals surface area contributed by atoms with Gasteiger partial charge in [0.2, 0.25) is 5.91 Å². The third-order valence-corrected chi connectivity index (χ3v) is 2.68. The molecule has 0 fully saturated rings. The number of benzene rings is 1. The fourth-order valence-corrected chi connectivity index (χ4v) is 1.59. The molecular weight excluding hydrogens is 238 g/mol. The van der Waals surface area contributed by atoms with Crippen molar-refractivity contribution in [3.8, 4) is 5.75 Å². The lowest BCUT2D eigenvalue weighted by atomic mass is 10.2. The molecule has 0 aliphatic rings. The molecule has 0 aromatic heterocycles. The lowest BCUT2D eigenvalue weighted by molar-refractivity contribution is -0.129. The van der Waals surface area contributed by atoms with Crippen LogP contribution < -0.4 is 4.74 Å². The first-order valence-corrected chi connectivity index (χ1v) is 6.03. The minimum Gasteiger partial charge on any atom is -0.491 e. The maximum Gasteiger partial charge on any atom is 0.240 e. The molecule has 0 N–H and O–H groups in total. The number of para-hydroxylation sites is 1.